The highest BCUT2D eigenvalue weighted by Gasteiger charge is 2.43. The summed E-state index contributed by atoms with van der Waals surface area (Å²) in [5.74, 6) is 0.987. The summed E-state index contributed by atoms with van der Waals surface area (Å²) in [4.78, 5) is 0. The van der Waals surface area contributed by atoms with Crippen molar-refractivity contribution < 1.29 is 4.74 Å². The quantitative estimate of drug-likeness (QED) is 0.808. The normalized spacial score (nSPS) is 17.8. The van der Waals surface area contributed by atoms with Gasteiger partial charge in [0.25, 0.3) is 0 Å². The Morgan fingerprint density at radius 2 is 1.90 bits per heavy atom. The van der Waals surface area contributed by atoms with Crippen molar-refractivity contribution in [3.8, 4) is 17.0 Å². The second-order valence-corrected chi connectivity index (χ2v) is 5.37. The third-order valence-electron chi connectivity index (χ3n) is 4.29. The van der Waals surface area contributed by atoms with Gasteiger partial charge in [0.2, 0.25) is 0 Å². The lowest BCUT2D eigenvalue weighted by molar-refractivity contribution is 0.0306. The molecule has 1 aromatic heterocycles. The first-order valence-corrected chi connectivity index (χ1v) is 6.82. The SMILES string of the molecule is Cl.Cl.Cn1ncc2c1-c1ccccc1OC21CCNCC1. The maximum absolute atomic E-state index is 6.41. The summed E-state index contributed by atoms with van der Waals surface area (Å²) in [6.07, 6.45) is 3.98. The number of fused-ring (bicyclic) bond motifs is 4. The Labute approximate surface area is 136 Å². The van der Waals surface area contributed by atoms with E-state index in [-0.39, 0.29) is 30.4 Å². The highest BCUT2D eigenvalue weighted by atomic mass is 35.5. The van der Waals surface area contributed by atoms with Crippen LogP contribution in [0, 0.1) is 0 Å². The van der Waals surface area contributed by atoms with Gasteiger partial charge in [-0.15, -0.1) is 24.8 Å². The molecule has 1 N–H and O–H groups in total. The smallest absolute Gasteiger partial charge is 0.140 e. The third-order valence-corrected chi connectivity index (χ3v) is 4.29. The summed E-state index contributed by atoms with van der Waals surface area (Å²) in [7, 11) is 2.01. The van der Waals surface area contributed by atoms with Crippen molar-refractivity contribution >= 4 is 24.8 Å². The summed E-state index contributed by atoms with van der Waals surface area (Å²) >= 11 is 0. The molecular formula is C15H19Cl2N3O. The van der Waals surface area contributed by atoms with E-state index in [9.17, 15) is 0 Å². The summed E-state index contributed by atoms with van der Waals surface area (Å²) in [6, 6.07) is 8.27. The highest BCUT2D eigenvalue weighted by molar-refractivity contribution is 5.85. The topological polar surface area (TPSA) is 39.1 Å². The molecule has 6 heteroatoms. The number of piperidine rings is 1. The second kappa shape index (κ2) is 5.87. The largest absolute Gasteiger partial charge is 0.482 e. The van der Waals surface area contributed by atoms with E-state index in [2.05, 4.69) is 28.6 Å². The van der Waals surface area contributed by atoms with Crippen LogP contribution in [0.5, 0.6) is 5.75 Å². The molecule has 114 valence electrons. The zero-order chi connectivity index (χ0) is 12.9. The summed E-state index contributed by atoms with van der Waals surface area (Å²) in [6.45, 7) is 1.99. The molecule has 1 spiro atoms. The Kier molecular flexibility index (Phi) is 4.51. The number of aryl methyl sites for hydroxylation is 1. The Balaban J connectivity index is 0.000000807. The molecule has 4 nitrogen and oxygen atoms in total. The Bertz CT molecular complexity index is 636. The van der Waals surface area contributed by atoms with E-state index in [1.54, 1.807) is 0 Å². The lowest BCUT2D eigenvalue weighted by Crippen LogP contribution is -2.45. The minimum Gasteiger partial charge on any atom is -0.482 e. The van der Waals surface area contributed by atoms with Crippen LogP contribution < -0.4 is 10.1 Å². The molecule has 0 unspecified atom stereocenters. The summed E-state index contributed by atoms with van der Waals surface area (Å²) in [5, 5.41) is 7.87. The van der Waals surface area contributed by atoms with Gasteiger partial charge in [-0.2, -0.15) is 5.10 Å². The van der Waals surface area contributed by atoms with Gasteiger partial charge in [-0.25, -0.2) is 0 Å². The van der Waals surface area contributed by atoms with Crippen LogP contribution in [-0.2, 0) is 12.6 Å². The van der Waals surface area contributed by atoms with E-state index in [1.165, 1.54) is 11.3 Å². The van der Waals surface area contributed by atoms with E-state index >= 15 is 0 Å². The number of benzene rings is 1. The first-order valence-electron chi connectivity index (χ1n) is 6.82. The fourth-order valence-electron chi connectivity index (χ4n) is 3.31. The number of ether oxygens (including phenoxy) is 1. The van der Waals surface area contributed by atoms with Crippen molar-refractivity contribution in [1.29, 1.82) is 0 Å². The lowest BCUT2D eigenvalue weighted by atomic mass is 9.81. The van der Waals surface area contributed by atoms with Crippen LogP contribution in [0.15, 0.2) is 30.5 Å². The van der Waals surface area contributed by atoms with Gasteiger partial charge in [0, 0.05) is 31.0 Å². The third kappa shape index (κ3) is 2.31. The molecule has 2 aliphatic rings. The van der Waals surface area contributed by atoms with Gasteiger partial charge >= 0.3 is 0 Å². The molecule has 21 heavy (non-hydrogen) atoms. The molecule has 2 aromatic rings. The van der Waals surface area contributed by atoms with Gasteiger partial charge in [0.05, 0.1) is 11.9 Å². The summed E-state index contributed by atoms with van der Waals surface area (Å²) < 4.78 is 8.38. The number of rotatable bonds is 0. The maximum atomic E-state index is 6.41. The van der Waals surface area contributed by atoms with E-state index in [4.69, 9.17) is 4.74 Å². The van der Waals surface area contributed by atoms with Crippen molar-refractivity contribution in [3.63, 3.8) is 0 Å². The predicted octanol–water partition coefficient (Wildman–Crippen LogP) is 2.90. The minimum atomic E-state index is -0.191. The molecule has 0 aliphatic carbocycles. The van der Waals surface area contributed by atoms with Gasteiger partial charge in [-0.1, -0.05) is 12.1 Å². The van der Waals surface area contributed by atoms with E-state index < -0.39 is 0 Å². The number of hydrogen-bond donors (Lipinski definition) is 1. The van der Waals surface area contributed by atoms with Crippen molar-refractivity contribution in [1.82, 2.24) is 15.1 Å². The zero-order valence-corrected chi connectivity index (χ0v) is 13.5. The minimum absolute atomic E-state index is 0. The zero-order valence-electron chi connectivity index (χ0n) is 11.8. The van der Waals surface area contributed by atoms with Gasteiger partial charge in [0.15, 0.2) is 0 Å². The van der Waals surface area contributed by atoms with Crippen LogP contribution in [0.25, 0.3) is 11.3 Å². The van der Waals surface area contributed by atoms with E-state index in [0.717, 1.165) is 37.2 Å². The molecule has 1 aromatic carbocycles. The fraction of sp³-hybridized carbons (Fsp3) is 0.400. The van der Waals surface area contributed by atoms with Crippen molar-refractivity contribution in [2.24, 2.45) is 7.05 Å². The number of hydrogen-bond acceptors (Lipinski definition) is 3. The van der Waals surface area contributed by atoms with Crippen LogP contribution in [0.4, 0.5) is 0 Å². The first kappa shape index (κ1) is 16.1. The molecule has 0 atom stereocenters. The molecule has 0 amide bonds. The molecule has 2 aliphatic heterocycles. The highest BCUT2D eigenvalue weighted by Crippen LogP contribution is 2.48. The first-order chi connectivity index (χ1) is 9.30. The van der Waals surface area contributed by atoms with Crippen molar-refractivity contribution in [2.45, 2.75) is 18.4 Å². The van der Waals surface area contributed by atoms with Gasteiger partial charge in [-0.3, -0.25) is 4.68 Å². The van der Waals surface area contributed by atoms with Gasteiger partial charge < -0.3 is 10.1 Å². The Hall–Kier alpha value is -1.23. The number of halogens is 2. The number of nitrogens with one attached hydrogen (secondary N) is 1. The van der Waals surface area contributed by atoms with Crippen molar-refractivity contribution in [2.75, 3.05) is 13.1 Å². The lowest BCUT2D eigenvalue weighted by Gasteiger charge is -2.41. The van der Waals surface area contributed by atoms with Gasteiger partial charge in [-0.05, 0) is 25.2 Å². The van der Waals surface area contributed by atoms with E-state index in [1.807, 2.05) is 24.0 Å². The molecule has 1 saturated heterocycles. The van der Waals surface area contributed by atoms with Crippen LogP contribution in [0.2, 0.25) is 0 Å². The Morgan fingerprint density at radius 3 is 2.67 bits per heavy atom. The molecule has 0 radical (unpaired) electrons. The average Bonchev–Trinajstić information content (AvgIpc) is 2.84. The molecular weight excluding hydrogens is 309 g/mol. The maximum Gasteiger partial charge on any atom is 0.140 e. The number of nitrogens with zero attached hydrogens (tertiary/aromatic N) is 2. The average molecular weight is 328 g/mol. The number of aromatic nitrogens is 2. The standard InChI is InChI=1S/C15H17N3O.2ClH/c1-18-14-11-4-2-3-5-13(11)19-15(12(14)10-17-18)6-8-16-9-7-15;;/h2-5,10,16H,6-9H2,1H3;2*1H. The molecule has 3 heterocycles. The Morgan fingerprint density at radius 1 is 1.19 bits per heavy atom. The molecule has 4 rings (SSSR count). The van der Waals surface area contributed by atoms with Crippen LogP contribution >= 0.6 is 24.8 Å². The van der Waals surface area contributed by atoms with Crippen molar-refractivity contribution in [3.05, 3.63) is 36.0 Å². The van der Waals surface area contributed by atoms with E-state index in [0.29, 0.717) is 0 Å². The van der Waals surface area contributed by atoms with Crippen LogP contribution in [0.1, 0.15) is 18.4 Å². The second-order valence-electron chi connectivity index (χ2n) is 5.37. The van der Waals surface area contributed by atoms with Crippen LogP contribution in [0.3, 0.4) is 0 Å². The van der Waals surface area contributed by atoms with Gasteiger partial charge in [0.1, 0.15) is 11.4 Å². The number of para-hydroxylation sites is 1. The molecule has 0 saturated carbocycles. The fourth-order valence-corrected chi connectivity index (χ4v) is 3.31. The van der Waals surface area contributed by atoms with Crippen LogP contribution in [-0.4, -0.2) is 22.9 Å². The molecule has 0 bridgehead atoms. The summed E-state index contributed by atoms with van der Waals surface area (Å²) in [5.41, 5.74) is 3.42. The monoisotopic (exact) mass is 327 g/mol. The predicted molar refractivity (Wildman–Crippen MR) is 87.5 cm³/mol. The molecule has 1 fully saturated rings.